The molecular formula is C12H14Cl2N4O. The summed E-state index contributed by atoms with van der Waals surface area (Å²) in [5.41, 5.74) is 0.742. The molecule has 0 saturated heterocycles. The van der Waals surface area contributed by atoms with Crippen molar-refractivity contribution in [2.45, 2.75) is 19.9 Å². The van der Waals surface area contributed by atoms with Crippen LogP contribution in [0.1, 0.15) is 19.2 Å². The van der Waals surface area contributed by atoms with Gasteiger partial charge < -0.3 is 15.1 Å². The second kappa shape index (κ2) is 6.75. The van der Waals surface area contributed by atoms with Crippen LogP contribution in [0, 0.1) is 0 Å². The van der Waals surface area contributed by atoms with Gasteiger partial charge in [-0.2, -0.15) is 0 Å². The van der Waals surface area contributed by atoms with Gasteiger partial charge in [0.2, 0.25) is 5.89 Å². The summed E-state index contributed by atoms with van der Waals surface area (Å²) in [6.07, 6.45) is 1.06. The largest absolute Gasteiger partial charge is 0.406 e. The summed E-state index contributed by atoms with van der Waals surface area (Å²) in [7, 11) is 0. The zero-order chi connectivity index (χ0) is 13.7. The molecule has 0 bridgehead atoms. The lowest BCUT2D eigenvalue weighted by molar-refractivity contribution is 0.479. The van der Waals surface area contributed by atoms with E-state index in [4.69, 9.17) is 27.6 Å². The third kappa shape index (κ3) is 4.09. The number of hydrogen-bond acceptors (Lipinski definition) is 5. The molecule has 0 radical (unpaired) electrons. The van der Waals surface area contributed by atoms with Gasteiger partial charge in [-0.05, 0) is 31.2 Å². The standard InChI is InChI=1S/C12H14Cl2N4O/c1-2-5-15-7-11-17-18-12(19-11)16-8-3-4-9(13)10(14)6-8/h3-4,6,15H,2,5,7H2,1H3,(H,16,18). The van der Waals surface area contributed by atoms with E-state index >= 15 is 0 Å². The van der Waals surface area contributed by atoms with Gasteiger partial charge >= 0.3 is 6.01 Å². The Morgan fingerprint density at radius 1 is 1.21 bits per heavy atom. The summed E-state index contributed by atoms with van der Waals surface area (Å²) in [6, 6.07) is 5.51. The summed E-state index contributed by atoms with van der Waals surface area (Å²) in [5.74, 6) is 0.538. The van der Waals surface area contributed by atoms with Gasteiger partial charge in [0.15, 0.2) is 0 Å². The normalized spacial score (nSPS) is 10.7. The summed E-state index contributed by atoms with van der Waals surface area (Å²) in [6.45, 7) is 3.57. The molecule has 0 spiro atoms. The van der Waals surface area contributed by atoms with Gasteiger partial charge in [0.25, 0.3) is 0 Å². The number of rotatable bonds is 6. The van der Waals surface area contributed by atoms with E-state index in [0.29, 0.717) is 28.5 Å². The fourth-order valence-electron chi connectivity index (χ4n) is 1.45. The molecule has 0 atom stereocenters. The van der Waals surface area contributed by atoms with Crippen LogP contribution in [-0.2, 0) is 6.54 Å². The average Bonchev–Trinajstić information content (AvgIpc) is 2.82. The molecule has 0 aliphatic carbocycles. The van der Waals surface area contributed by atoms with E-state index in [2.05, 4.69) is 27.8 Å². The molecule has 2 rings (SSSR count). The molecule has 0 fully saturated rings. The molecule has 5 nitrogen and oxygen atoms in total. The Kier molecular flexibility index (Phi) is 5.01. The van der Waals surface area contributed by atoms with Gasteiger partial charge in [0, 0.05) is 5.69 Å². The third-order valence-electron chi connectivity index (χ3n) is 2.34. The molecule has 2 aromatic rings. The van der Waals surface area contributed by atoms with E-state index in [1.165, 1.54) is 0 Å². The minimum Gasteiger partial charge on any atom is -0.406 e. The van der Waals surface area contributed by atoms with Crippen molar-refractivity contribution in [3.63, 3.8) is 0 Å². The van der Waals surface area contributed by atoms with E-state index < -0.39 is 0 Å². The van der Waals surface area contributed by atoms with Crippen LogP contribution in [0.25, 0.3) is 0 Å². The lowest BCUT2D eigenvalue weighted by Crippen LogP contribution is -2.13. The fraction of sp³-hybridized carbons (Fsp3) is 0.333. The van der Waals surface area contributed by atoms with Gasteiger partial charge in [-0.15, -0.1) is 5.10 Å². The third-order valence-corrected chi connectivity index (χ3v) is 3.08. The number of benzene rings is 1. The lowest BCUT2D eigenvalue weighted by atomic mass is 10.3. The maximum absolute atomic E-state index is 5.92. The van der Waals surface area contributed by atoms with Crippen molar-refractivity contribution in [3.8, 4) is 0 Å². The highest BCUT2D eigenvalue weighted by molar-refractivity contribution is 6.42. The Balaban J connectivity index is 1.97. The van der Waals surface area contributed by atoms with Gasteiger partial charge in [-0.25, -0.2) is 0 Å². The van der Waals surface area contributed by atoms with E-state index in [9.17, 15) is 0 Å². The Labute approximate surface area is 121 Å². The van der Waals surface area contributed by atoms with Crippen molar-refractivity contribution in [2.75, 3.05) is 11.9 Å². The molecular weight excluding hydrogens is 287 g/mol. The number of anilines is 2. The molecule has 1 aromatic heterocycles. The molecule has 0 aliphatic rings. The molecule has 0 aliphatic heterocycles. The van der Waals surface area contributed by atoms with Crippen molar-refractivity contribution in [2.24, 2.45) is 0 Å². The van der Waals surface area contributed by atoms with Crippen molar-refractivity contribution in [1.29, 1.82) is 0 Å². The number of nitrogens with zero attached hydrogens (tertiary/aromatic N) is 2. The van der Waals surface area contributed by atoms with Crippen LogP contribution in [0.3, 0.4) is 0 Å². The predicted molar refractivity (Wildman–Crippen MR) is 76.0 cm³/mol. The maximum atomic E-state index is 5.92. The monoisotopic (exact) mass is 300 g/mol. The topological polar surface area (TPSA) is 63.0 Å². The molecule has 1 heterocycles. The molecule has 19 heavy (non-hydrogen) atoms. The number of nitrogens with one attached hydrogen (secondary N) is 2. The first-order valence-electron chi connectivity index (χ1n) is 5.94. The minimum atomic E-state index is 0.326. The molecule has 0 saturated carbocycles. The highest BCUT2D eigenvalue weighted by Crippen LogP contribution is 2.26. The summed E-state index contributed by atoms with van der Waals surface area (Å²) >= 11 is 11.8. The second-order valence-electron chi connectivity index (χ2n) is 3.93. The predicted octanol–water partition coefficient (Wildman–Crippen LogP) is 3.62. The molecule has 0 amide bonds. The highest BCUT2D eigenvalue weighted by atomic mass is 35.5. The Hall–Kier alpha value is -1.30. The molecule has 0 unspecified atom stereocenters. The Morgan fingerprint density at radius 3 is 2.79 bits per heavy atom. The van der Waals surface area contributed by atoms with Crippen LogP contribution in [0.15, 0.2) is 22.6 Å². The van der Waals surface area contributed by atoms with Gasteiger partial charge in [0.05, 0.1) is 16.6 Å². The zero-order valence-electron chi connectivity index (χ0n) is 10.4. The van der Waals surface area contributed by atoms with Crippen LogP contribution in [0.2, 0.25) is 10.0 Å². The first-order valence-corrected chi connectivity index (χ1v) is 6.70. The molecule has 2 N–H and O–H groups in total. The number of hydrogen-bond donors (Lipinski definition) is 2. The van der Waals surface area contributed by atoms with Crippen LogP contribution >= 0.6 is 23.2 Å². The first-order chi connectivity index (χ1) is 9.19. The first kappa shape index (κ1) is 14.1. The van der Waals surface area contributed by atoms with E-state index in [1.54, 1.807) is 18.2 Å². The van der Waals surface area contributed by atoms with E-state index in [-0.39, 0.29) is 0 Å². The zero-order valence-corrected chi connectivity index (χ0v) is 11.9. The van der Waals surface area contributed by atoms with Crippen molar-refractivity contribution in [1.82, 2.24) is 15.5 Å². The number of halogens is 2. The van der Waals surface area contributed by atoms with Crippen LogP contribution in [-0.4, -0.2) is 16.7 Å². The molecule has 102 valence electrons. The smallest absolute Gasteiger partial charge is 0.320 e. The van der Waals surface area contributed by atoms with Crippen LogP contribution in [0.4, 0.5) is 11.7 Å². The van der Waals surface area contributed by atoms with Crippen LogP contribution in [0.5, 0.6) is 0 Å². The average molecular weight is 301 g/mol. The Bertz CT molecular complexity index is 544. The van der Waals surface area contributed by atoms with E-state index in [0.717, 1.165) is 18.7 Å². The van der Waals surface area contributed by atoms with Crippen molar-refractivity contribution in [3.05, 3.63) is 34.1 Å². The van der Waals surface area contributed by atoms with Gasteiger partial charge in [-0.1, -0.05) is 35.2 Å². The summed E-state index contributed by atoms with van der Waals surface area (Å²) in [4.78, 5) is 0. The van der Waals surface area contributed by atoms with Crippen molar-refractivity contribution >= 4 is 34.9 Å². The fourth-order valence-corrected chi connectivity index (χ4v) is 1.74. The van der Waals surface area contributed by atoms with E-state index in [1.807, 2.05) is 0 Å². The van der Waals surface area contributed by atoms with Gasteiger partial charge in [0.1, 0.15) is 0 Å². The van der Waals surface area contributed by atoms with Crippen molar-refractivity contribution < 1.29 is 4.42 Å². The summed E-state index contributed by atoms with van der Waals surface area (Å²) in [5, 5.41) is 14.9. The second-order valence-corrected chi connectivity index (χ2v) is 4.75. The quantitative estimate of drug-likeness (QED) is 0.798. The highest BCUT2D eigenvalue weighted by Gasteiger charge is 2.06. The summed E-state index contributed by atoms with van der Waals surface area (Å²) < 4.78 is 5.43. The van der Waals surface area contributed by atoms with Gasteiger partial charge in [-0.3, -0.25) is 0 Å². The number of aromatic nitrogens is 2. The molecule has 1 aromatic carbocycles. The van der Waals surface area contributed by atoms with Crippen LogP contribution < -0.4 is 10.6 Å². The minimum absolute atomic E-state index is 0.326. The SMILES string of the molecule is CCCNCc1nnc(Nc2ccc(Cl)c(Cl)c2)o1. The maximum Gasteiger partial charge on any atom is 0.320 e. The Morgan fingerprint density at radius 2 is 2.05 bits per heavy atom. The lowest BCUT2D eigenvalue weighted by Gasteiger charge is -2.02. The molecule has 7 heteroatoms.